The predicted molar refractivity (Wildman–Crippen MR) is 139 cm³/mol. The van der Waals surface area contributed by atoms with E-state index in [1.807, 2.05) is 91.0 Å². The van der Waals surface area contributed by atoms with Crippen molar-refractivity contribution in [2.75, 3.05) is 0 Å². The number of aromatic carboxylic acids is 1. The summed E-state index contributed by atoms with van der Waals surface area (Å²) in [6.07, 6.45) is 0. The lowest BCUT2D eigenvalue weighted by Gasteiger charge is -2.23. The molecule has 4 aromatic rings. The van der Waals surface area contributed by atoms with Gasteiger partial charge in [-0.1, -0.05) is 91.0 Å². The standard InChI is InChI=1S/C28H25NO4S2/c30-28(31)25-16-26(34-21-24-14-8-3-9-15-24)18-27(17-25)35(32,33)29(19-22-10-4-1-5-11-22)20-23-12-6-2-7-13-23/h1-18H,19-21H2,(H,30,31). The van der Waals surface area contributed by atoms with Crippen LogP contribution in [0.3, 0.4) is 0 Å². The molecule has 0 amide bonds. The molecule has 1 N–H and O–H groups in total. The molecular formula is C28H25NO4S2. The largest absolute Gasteiger partial charge is 0.478 e. The summed E-state index contributed by atoms with van der Waals surface area (Å²) < 4.78 is 29.1. The number of carboxylic acid groups (broad SMARTS) is 1. The number of sulfonamides is 1. The third-order valence-corrected chi connectivity index (χ3v) is 8.23. The second-order valence-corrected chi connectivity index (χ2v) is 11.0. The summed E-state index contributed by atoms with van der Waals surface area (Å²) in [5.74, 6) is -0.567. The van der Waals surface area contributed by atoms with Gasteiger partial charge in [-0.15, -0.1) is 11.8 Å². The van der Waals surface area contributed by atoms with Gasteiger partial charge in [0.1, 0.15) is 0 Å². The van der Waals surface area contributed by atoms with Gasteiger partial charge in [0.15, 0.2) is 0 Å². The molecule has 0 aromatic heterocycles. The van der Waals surface area contributed by atoms with Gasteiger partial charge in [0.05, 0.1) is 10.5 Å². The number of hydrogen-bond acceptors (Lipinski definition) is 4. The summed E-state index contributed by atoms with van der Waals surface area (Å²) >= 11 is 1.41. The van der Waals surface area contributed by atoms with E-state index in [0.29, 0.717) is 10.6 Å². The Morgan fingerprint density at radius 1 is 0.714 bits per heavy atom. The first-order valence-electron chi connectivity index (χ1n) is 11.0. The van der Waals surface area contributed by atoms with Crippen LogP contribution in [-0.2, 0) is 28.9 Å². The quantitative estimate of drug-likeness (QED) is 0.266. The molecule has 0 saturated carbocycles. The molecule has 7 heteroatoms. The molecule has 178 valence electrons. The van der Waals surface area contributed by atoms with Gasteiger partial charge in [0.25, 0.3) is 0 Å². The lowest BCUT2D eigenvalue weighted by molar-refractivity contribution is 0.0696. The first-order valence-corrected chi connectivity index (χ1v) is 13.5. The van der Waals surface area contributed by atoms with Crippen LogP contribution in [0.5, 0.6) is 0 Å². The van der Waals surface area contributed by atoms with Crippen LogP contribution in [0.15, 0.2) is 119 Å². The number of thioether (sulfide) groups is 1. The highest BCUT2D eigenvalue weighted by atomic mass is 32.2. The van der Waals surface area contributed by atoms with Gasteiger partial charge < -0.3 is 5.11 Å². The summed E-state index contributed by atoms with van der Waals surface area (Å²) in [6.45, 7) is 0.337. The van der Waals surface area contributed by atoms with Crippen molar-refractivity contribution in [1.29, 1.82) is 0 Å². The predicted octanol–water partition coefficient (Wildman–Crippen LogP) is 6.07. The molecule has 0 atom stereocenters. The molecule has 0 aliphatic heterocycles. The van der Waals surface area contributed by atoms with E-state index in [4.69, 9.17) is 0 Å². The molecule has 0 radical (unpaired) electrons. The van der Waals surface area contributed by atoms with Gasteiger partial charge in [0, 0.05) is 23.7 Å². The second kappa shape index (κ2) is 11.4. The lowest BCUT2D eigenvalue weighted by Crippen LogP contribution is -2.30. The van der Waals surface area contributed by atoms with Crippen molar-refractivity contribution < 1.29 is 18.3 Å². The molecule has 35 heavy (non-hydrogen) atoms. The number of rotatable bonds is 10. The minimum atomic E-state index is -4.00. The SMILES string of the molecule is O=C(O)c1cc(SCc2ccccc2)cc(S(=O)(=O)N(Cc2ccccc2)Cc2ccccc2)c1. The maximum atomic E-state index is 13.9. The number of carboxylic acids is 1. The van der Waals surface area contributed by atoms with Crippen LogP contribution < -0.4 is 0 Å². The topological polar surface area (TPSA) is 74.7 Å². The first kappa shape index (κ1) is 24.7. The van der Waals surface area contributed by atoms with Crippen LogP contribution in [0.2, 0.25) is 0 Å². The van der Waals surface area contributed by atoms with E-state index < -0.39 is 16.0 Å². The third kappa shape index (κ3) is 6.60. The van der Waals surface area contributed by atoms with E-state index in [0.717, 1.165) is 16.7 Å². The van der Waals surface area contributed by atoms with E-state index in [9.17, 15) is 18.3 Å². The van der Waals surface area contributed by atoms with Crippen LogP contribution in [0.1, 0.15) is 27.0 Å². The molecule has 4 aromatic carbocycles. The van der Waals surface area contributed by atoms with Gasteiger partial charge in [-0.05, 0) is 34.9 Å². The average molecular weight is 504 g/mol. The zero-order valence-electron chi connectivity index (χ0n) is 18.9. The summed E-state index contributed by atoms with van der Waals surface area (Å²) in [5, 5.41) is 9.68. The molecule has 0 bridgehead atoms. The van der Waals surface area contributed by atoms with Crippen molar-refractivity contribution >= 4 is 27.8 Å². The van der Waals surface area contributed by atoms with Gasteiger partial charge in [-0.25, -0.2) is 13.2 Å². The summed E-state index contributed by atoms with van der Waals surface area (Å²) in [4.78, 5) is 12.4. The number of nitrogens with zero attached hydrogens (tertiary/aromatic N) is 1. The smallest absolute Gasteiger partial charge is 0.335 e. The van der Waals surface area contributed by atoms with Gasteiger partial charge >= 0.3 is 5.97 Å². The van der Waals surface area contributed by atoms with Crippen LogP contribution in [0.4, 0.5) is 0 Å². The highest BCUT2D eigenvalue weighted by Crippen LogP contribution is 2.29. The monoisotopic (exact) mass is 503 g/mol. The average Bonchev–Trinajstić information content (AvgIpc) is 2.89. The Bertz CT molecular complexity index is 1340. The first-order chi connectivity index (χ1) is 16.9. The van der Waals surface area contributed by atoms with E-state index in [2.05, 4.69) is 0 Å². The Labute approximate surface area is 210 Å². The minimum absolute atomic E-state index is 0.0279. The molecule has 4 rings (SSSR count). The van der Waals surface area contributed by atoms with Crippen LogP contribution >= 0.6 is 11.8 Å². The second-order valence-electron chi connectivity index (χ2n) is 8.02. The fraction of sp³-hybridized carbons (Fsp3) is 0.107. The molecule has 0 aliphatic rings. The zero-order valence-corrected chi connectivity index (χ0v) is 20.6. The molecule has 0 saturated heterocycles. The van der Waals surface area contributed by atoms with Gasteiger partial charge in [0.2, 0.25) is 10.0 Å². The highest BCUT2D eigenvalue weighted by molar-refractivity contribution is 7.98. The number of carbonyl (C=O) groups is 1. The molecular weight excluding hydrogens is 478 g/mol. The lowest BCUT2D eigenvalue weighted by atomic mass is 10.2. The maximum Gasteiger partial charge on any atom is 0.335 e. The molecule has 0 fully saturated rings. The maximum absolute atomic E-state index is 13.9. The summed E-state index contributed by atoms with van der Waals surface area (Å²) in [5.41, 5.74) is 2.71. The summed E-state index contributed by atoms with van der Waals surface area (Å²) in [7, 11) is -4.00. The fourth-order valence-corrected chi connectivity index (χ4v) is 6.13. The van der Waals surface area contributed by atoms with E-state index in [1.165, 1.54) is 28.2 Å². The van der Waals surface area contributed by atoms with Gasteiger partial charge in [-0.2, -0.15) is 4.31 Å². The Hall–Kier alpha value is -3.39. The van der Waals surface area contributed by atoms with E-state index in [1.54, 1.807) is 6.07 Å². The Kier molecular flexibility index (Phi) is 8.02. The van der Waals surface area contributed by atoms with Crippen molar-refractivity contribution in [3.63, 3.8) is 0 Å². The highest BCUT2D eigenvalue weighted by Gasteiger charge is 2.27. The van der Waals surface area contributed by atoms with Crippen molar-refractivity contribution in [2.45, 2.75) is 28.6 Å². The third-order valence-electron chi connectivity index (χ3n) is 5.42. The molecule has 5 nitrogen and oxygen atoms in total. The summed E-state index contributed by atoms with van der Waals surface area (Å²) in [6, 6.07) is 32.8. The number of hydrogen-bond donors (Lipinski definition) is 1. The van der Waals surface area contributed by atoms with E-state index in [-0.39, 0.29) is 23.5 Å². The van der Waals surface area contributed by atoms with Crippen LogP contribution in [0.25, 0.3) is 0 Å². The Morgan fingerprint density at radius 2 is 1.20 bits per heavy atom. The Balaban J connectivity index is 1.70. The van der Waals surface area contributed by atoms with Crippen molar-refractivity contribution in [2.24, 2.45) is 0 Å². The molecule has 0 heterocycles. The number of benzene rings is 4. The normalized spacial score (nSPS) is 11.5. The fourth-order valence-electron chi connectivity index (χ4n) is 3.62. The van der Waals surface area contributed by atoms with Crippen LogP contribution in [-0.4, -0.2) is 23.8 Å². The van der Waals surface area contributed by atoms with Crippen molar-refractivity contribution in [3.05, 3.63) is 131 Å². The zero-order chi connectivity index (χ0) is 24.7. The molecule has 0 unspecified atom stereocenters. The van der Waals surface area contributed by atoms with Crippen molar-refractivity contribution in [1.82, 2.24) is 4.31 Å². The van der Waals surface area contributed by atoms with E-state index >= 15 is 0 Å². The minimum Gasteiger partial charge on any atom is -0.478 e. The van der Waals surface area contributed by atoms with Gasteiger partial charge in [-0.3, -0.25) is 0 Å². The Morgan fingerprint density at radius 3 is 1.69 bits per heavy atom. The van der Waals surface area contributed by atoms with Crippen LogP contribution in [0, 0.1) is 0 Å². The molecule has 0 aliphatic carbocycles. The van der Waals surface area contributed by atoms with Crippen molar-refractivity contribution in [3.8, 4) is 0 Å². The molecule has 0 spiro atoms.